The van der Waals surface area contributed by atoms with Crippen LogP contribution < -0.4 is 4.74 Å². The quantitative estimate of drug-likeness (QED) is 0.777. The summed E-state index contributed by atoms with van der Waals surface area (Å²) >= 11 is 5.78. The zero-order valence-electron chi connectivity index (χ0n) is 10.9. The second-order valence-corrected chi connectivity index (χ2v) is 4.50. The summed E-state index contributed by atoms with van der Waals surface area (Å²) in [6.07, 6.45) is -5.13. The van der Waals surface area contributed by atoms with E-state index in [0.717, 1.165) is 0 Å². The number of hydrogen-bond acceptors (Lipinski definition) is 2. The lowest BCUT2D eigenvalue weighted by Crippen LogP contribution is -2.13. The van der Waals surface area contributed by atoms with E-state index in [9.17, 15) is 13.2 Å². The van der Waals surface area contributed by atoms with Crippen LogP contribution in [0.3, 0.4) is 0 Å². The molecule has 0 aliphatic rings. The van der Waals surface area contributed by atoms with E-state index in [2.05, 4.69) is 4.98 Å². The second-order valence-electron chi connectivity index (χ2n) is 4.24. The third-order valence-electron chi connectivity index (χ3n) is 2.86. The van der Waals surface area contributed by atoms with Gasteiger partial charge in [0.05, 0.1) is 24.4 Å². The Morgan fingerprint density at radius 1 is 1.35 bits per heavy atom. The van der Waals surface area contributed by atoms with Crippen molar-refractivity contribution in [2.45, 2.75) is 31.9 Å². The average molecular weight is 307 g/mol. The number of ether oxygens (including phenoxy) is 1. The molecule has 0 aliphatic carbocycles. The fraction of sp³-hybridized carbons (Fsp3) is 0.462. The minimum atomic E-state index is -4.21. The molecule has 0 fully saturated rings. The number of benzene rings is 1. The molecule has 0 radical (unpaired) electrons. The number of para-hydroxylation sites is 1. The lowest BCUT2D eigenvalue weighted by Gasteiger charge is -2.10. The Morgan fingerprint density at radius 2 is 2.10 bits per heavy atom. The van der Waals surface area contributed by atoms with Crippen molar-refractivity contribution >= 4 is 22.6 Å². The van der Waals surface area contributed by atoms with E-state index >= 15 is 0 Å². The third-order valence-corrected chi connectivity index (χ3v) is 3.10. The van der Waals surface area contributed by atoms with Gasteiger partial charge in [0.15, 0.2) is 0 Å². The lowest BCUT2D eigenvalue weighted by atomic mass is 10.3. The molecule has 2 aromatic rings. The van der Waals surface area contributed by atoms with Crippen LogP contribution in [-0.2, 0) is 12.4 Å². The first-order chi connectivity index (χ1) is 9.46. The Hall–Kier alpha value is -1.43. The normalized spacial score (nSPS) is 12.1. The molecule has 0 aliphatic heterocycles. The van der Waals surface area contributed by atoms with Gasteiger partial charge in [-0.15, -0.1) is 11.6 Å². The Morgan fingerprint density at radius 3 is 2.70 bits per heavy atom. The zero-order chi connectivity index (χ0) is 14.8. The van der Waals surface area contributed by atoms with Crippen LogP contribution in [0.1, 0.15) is 19.2 Å². The van der Waals surface area contributed by atoms with Crippen molar-refractivity contribution in [2.75, 3.05) is 6.61 Å². The first-order valence-electron chi connectivity index (χ1n) is 6.20. The van der Waals surface area contributed by atoms with Crippen LogP contribution >= 0.6 is 11.6 Å². The summed E-state index contributed by atoms with van der Waals surface area (Å²) < 4.78 is 44.1. The van der Waals surface area contributed by atoms with Crippen molar-refractivity contribution in [2.24, 2.45) is 0 Å². The van der Waals surface area contributed by atoms with Crippen LogP contribution in [0.5, 0.6) is 5.75 Å². The number of hydrogen-bond donors (Lipinski definition) is 0. The van der Waals surface area contributed by atoms with Crippen molar-refractivity contribution in [1.29, 1.82) is 0 Å². The Labute approximate surface area is 119 Å². The SMILES string of the molecule is CCOc1cccc2c1nc(CCl)n2CCC(F)(F)F. The summed E-state index contributed by atoms with van der Waals surface area (Å²) in [5.41, 5.74) is 1.16. The first kappa shape index (κ1) is 15.0. The van der Waals surface area contributed by atoms with Crippen molar-refractivity contribution in [3.05, 3.63) is 24.0 Å². The van der Waals surface area contributed by atoms with Crippen LogP contribution in [0, 0.1) is 0 Å². The number of halogens is 4. The molecular weight excluding hydrogens is 293 g/mol. The van der Waals surface area contributed by atoms with E-state index < -0.39 is 12.6 Å². The summed E-state index contributed by atoms with van der Waals surface area (Å²) in [7, 11) is 0. The molecule has 0 saturated carbocycles. The molecule has 0 saturated heterocycles. The second kappa shape index (κ2) is 5.91. The van der Waals surface area contributed by atoms with Gasteiger partial charge in [-0.2, -0.15) is 13.2 Å². The number of nitrogens with zero attached hydrogens (tertiary/aromatic N) is 2. The number of imidazole rings is 1. The molecule has 7 heteroatoms. The summed E-state index contributed by atoms with van der Waals surface area (Å²) in [6.45, 7) is 2.10. The molecule has 0 atom stereocenters. The topological polar surface area (TPSA) is 27.1 Å². The Balaban J connectivity index is 2.44. The van der Waals surface area contributed by atoms with Crippen molar-refractivity contribution < 1.29 is 17.9 Å². The number of aryl methyl sites for hydroxylation is 1. The third kappa shape index (κ3) is 3.17. The van der Waals surface area contributed by atoms with Gasteiger partial charge < -0.3 is 9.30 Å². The maximum Gasteiger partial charge on any atom is 0.390 e. The molecule has 0 spiro atoms. The monoisotopic (exact) mass is 306 g/mol. The highest BCUT2D eigenvalue weighted by Crippen LogP contribution is 2.28. The van der Waals surface area contributed by atoms with Crippen LogP contribution in [-0.4, -0.2) is 22.3 Å². The Kier molecular flexibility index (Phi) is 4.42. The van der Waals surface area contributed by atoms with Crippen LogP contribution in [0.15, 0.2) is 18.2 Å². The van der Waals surface area contributed by atoms with Crippen molar-refractivity contribution in [1.82, 2.24) is 9.55 Å². The van der Waals surface area contributed by atoms with Gasteiger partial charge in [-0.05, 0) is 19.1 Å². The van der Waals surface area contributed by atoms with Crippen molar-refractivity contribution in [3.63, 3.8) is 0 Å². The minimum Gasteiger partial charge on any atom is -0.492 e. The maximum absolute atomic E-state index is 12.4. The molecule has 1 aromatic carbocycles. The summed E-state index contributed by atoms with van der Waals surface area (Å²) in [4.78, 5) is 4.29. The molecule has 1 aromatic heterocycles. The Bertz CT molecular complexity index is 595. The van der Waals surface area contributed by atoms with Crippen LogP contribution in [0.4, 0.5) is 13.2 Å². The largest absolute Gasteiger partial charge is 0.492 e. The van der Waals surface area contributed by atoms with Crippen molar-refractivity contribution in [3.8, 4) is 5.75 Å². The van der Waals surface area contributed by atoms with Gasteiger partial charge >= 0.3 is 6.18 Å². The molecular formula is C13H14ClF3N2O. The number of fused-ring (bicyclic) bond motifs is 1. The van der Waals surface area contributed by atoms with Gasteiger partial charge in [-0.25, -0.2) is 4.98 Å². The highest BCUT2D eigenvalue weighted by molar-refractivity contribution is 6.16. The van der Waals surface area contributed by atoms with Gasteiger partial charge in [0, 0.05) is 6.54 Å². The van der Waals surface area contributed by atoms with E-state index in [-0.39, 0.29) is 12.4 Å². The van der Waals surface area contributed by atoms with Gasteiger partial charge in [0.2, 0.25) is 0 Å². The smallest absolute Gasteiger partial charge is 0.390 e. The molecule has 0 unspecified atom stereocenters. The predicted molar refractivity (Wildman–Crippen MR) is 71.1 cm³/mol. The standard InChI is InChI=1S/C13H14ClF3N2O/c1-2-20-10-5-3-4-9-12(10)18-11(8-14)19(9)7-6-13(15,16)17/h3-5H,2,6-8H2,1H3. The molecule has 20 heavy (non-hydrogen) atoms. The first-order valence-corrected chi connectivity index (χ1v) is 6.73. The molecule has 3 nitrogen and oxygen atoms in total. The number of alkyl halides is 4. The average Bonchev–Trinajstić information content (AvgIpc) is 2.75. The molecule has 110 valence electrons. The maximum atomic E-state index is 12.4. The highest BCUT2D eigenvalue weighted by Gasteiger charge is 2.27. The number of aromatic nitrogens is 2. The summed E-state index contributed by atoms with van der Waals surface area (Å²) in [5.74, 6) is 1.03. The molecule has 2 rings (SSSR count). The summed E-state index contributed by atoms with van der Waals surface area (Å²) in [6, 6.07) is 5.19. The highest BCUT2D eigenvalue weighted by atomic mass is 35.5. The molecule has 1 heterocycles. The molecule has 0 amide bonds. The summed E-state index contributed by atoms with van der Waals surface area (Å²) in [5, 5.41) is 0. The molecule has 0 N–H and O–H groups in total. The van der Waals surface area contributed by atoms with Gasteiger partial charge in [0.1, 0.15) is 17.1 Å². The zero-order valence-corrected chi connectivity index (χ0v) is 11.6. The number of rotatable bonds is 5. The fourth-order valence-corrected chi connectivity index (χ4v) is 2.24. The fourth-order valence-electron chi connectivity index (χ4n) is 2.03. The van der Waals surface area contributed by atoms with Crippen LogP contribution in [0.2, 0.25) is 0 Å². The van der Waals surface area contributed by atoms with E-state index in [1.165, 1.54) is 4.57 Å². The van der Waals surface area contributed by atoms with E-state index in [4.69, 9.17) is 16.3 Å². The van der Waals surface area contributed by atoms with Crippen LogP contribution in [0.25, 0.3) is 11.0 Å². The van der Waals surface area contributed by atoms with Gasteiger partial charge in [-0.3, -0.25) is 0 Å². The van der Waals surface area contributed by atoms with Gasteiger partial charge in [0.25, 0.3) is 0 Å². The van der Waals surface area contributed by atoms with Gasteiger partial charge in [-0.1, -0.05) is 6.07 Å². The van der Waals surface area contributed by atoms with E-state index in [1.807, 2.05) is 6.92 Å². The minimum absolute atomic E-state index is 0.0537. The predicted octanol–water partition coefficient (Wildman–Crippen LogP) is 4.13. The lowest BCUT2D eigenvalue weighted by molar-refractivity contribution is -0.136. The molecule has 0 bridgehead atoms. The van der Waals surface area contributed by atoms with E-state index in [1.54, 1.807) is 18.2 Å². The van der Waals surface area contributed by atoms with E-state index in [0.29, 0.717) is 29.2 Å².